The second kappa shape index (κ2) is 7.76. The van der Waals surface area contributed by atoms with E-state index in [2.05, 4.69) is 53.8 Å². The molecule has 154 valence electrons. The van der Waals surface area contributed by atoms with E-state index in [0.29, 0.717) is 16.7 Å². The van der Waals surface area contributed by atoms with Gasteiger partial charge in [-0.05, 0) is 43.7 Å². The molecule has 2 aromatic rings. The summed E-state index contributed by atoms with van der Waals surface area (Å²) in [6.07, 6.45) is -1.88. The van der Waals surface area contributed by atoms with Crippen LogP contribution in [0.15, 0.2) is 24.3 Å². The Morgan fingerprint density at radius 1 is 1.17 bits per heavy atom. The fraction of sp³-hybridized carbons (Fsp3) is 0.409. The van der Waals surface area contributed by atoms with Gasteiger partial charge in [0.2, 0.25) is 0 Å². The largest absolute Gasteiger partial charge is 0.394 e. The Morgan fingerprint density at radius 3 is 2.59 bits per heavy atom. The number of nitrogens with one attached hydrogen (secondary N) is 1. The second-order valence-electron chi connectivity index (χ2n) is 7.43. The number of rotatable bonds is 5. The fourth-order valence-corrected chi connectivity index (χ4v) is 4.06. The minimum Gasteiger partial charge on any atom is -0.394 e. The molecule has 0 saturated carbocycles. The summed E-state index contributed by atoms with van der Waals surface area (Å²) in [6, 6.07) is 8.17. The van der Waals surface area contributed by atoms with Crippen molar-refractivity contribution in [2.75, 3.05) is 29.9 Å². The number of hydrogen-bond acceptors (Lipinski definition) is 7. The molecule has 1 aromatic heterocycles. The highest BCUT2D eigenvalue weighted by atomic mass is 16.6. The molecule has 0 bridgehead atoms. The Kier molecular flexibility index (Phi) is 5.31. The van der Waals surface area contributed by atoms with Crippen LogP contribution in [0.1, 0.15) is 31.1 Å². The molecule has 1 fully saturated rings. The number of aromatic nitrogens is 1. The Bertz CT molecular complexity index is 1020. The van der Waals surface area contributed by atoms with E-state index in [1.165, 1.54) is 0 Å². The normalized spacial score (nSPS) is 25.0. The van der Waals surface area contributed by atoms with Gasteiger partial charge in [0, 0.05) is 35.2 Å². The van der Waals surface area contributed by atoms with Crippen molar-refractivity contribution in [2.24, 2.45) is 0 Å². The molecular formula is C22H27N3O4. The molecule has 1 aromatic carbocycles. The average molecular weight is 397 g/mol. The SMILES string of the molecule is C=c1nc2c(cc1[C@@H]1O[C@H](CO)[C@H](O)C1O)=Cc1ccc(N(CC)CC)cc1N2. The van der Waals surface area contributed by atoms with E-state index in [1.54, 1.807) is 0 Å². The molecule has 7 nitrogen and oxygen atoms in total. The first-order valence-corrected chi connectivity index (χ1v) is 9.96. The molecule has 0 spiro atoms. The molecule has 4 rings (SSSR count). The van der Waals surface area contributed by atoms with Gasteiger partial charge < -0.3 is 30.3 Å². The molecule has 3 heterocycles. The maximum absolute atomic E-state index is 10.4. The zero-order valence-electron chi connectivity index (χ0n) is 16.7. The molecule has 0 amide bonds. The first-order chi connectivity index (χ1) is 14.0. The molecule has 1 unspecified atom stereocenters. The highest BCUT2D eigenvalue weighted by molar-refractivity contribution is 5.79. The summed E-state index contributed by atoms with van der Waals surface area (Å²) >= 11 is 0. The minimum absolute atomic E-state index is 0.366. The van der Waals surface area contributed by atoms with Crippen LogP contribution in [0.5, 0.6) is 0 Å². The van der Waals surface area contributed by atoms with Crippen LogP contribution in [0.4, 0.5) is 17.2 Å². The Labute approximate surface area is 169 Å². The Balaban J connectivity index is 1.73. The molecule has 2 aliphatic rings. The molecular weight excluding hydrogens is 370 g/mol. The number of benzene rings is 1. The van der Waals surface area contributed by atoms with Crippen molar-refractivity contribution in [1.82, 2.24) is 4.98 Å². The lowest BCUT2D eigenvalue weighted by molar-refractivity contribution is -0.0231. The van der Waals surface area contributed by atoms with Gasteiger partial charge in [-0.2, -0.15) is 0 Å². The molecule has 0 aliphatic carbocycles. The highest BCUT2D eigenvalue weighted by Crippen LogP contribution is 2.32. The van der Waals surface area contributed by atoms with Gasteiger partial charge in [-0.3, -0.25) is 0 Å². The maximum Gasteiger partial charge on any atom is 0.138 e. The third kappa shape index (κ3) is 3.40. The van der Waals surface area contributed by atoms with Gasteiger partial charge in [0.05, 0.1) is 12.0 Å². The molecule has 29 heavy (non-hydrogen) atoms. The summed E-state index contributed by atoms with van der Waals surface area (Å²) in [7, 11) is 0. The van der Waals surface area contributed by atoms with Crippen molar-refractivity contribution < 1.29 is 20.1 Å². The van der Waals surface area contributed by atoms with E-state index in [-0.39, 0.29) is 6.61 Å². The molecule has 7 heteroatoms. The summed E-state index contributed by atoms with van der Waals surface area (Å²) in [6.45, 7) is 9.77. The van der Waals surface area contributed by atoms with E-state index >= 15 is 0 Å². The van der Waals surface area contributed by atoms with Crippen LogP contribution in [-0.4, -0.2) is 58.3 Å². The van der Waals surface area contributed by atoms with Crippen LogP contribution in [0.3, 0.4) is 0 Å². The van der Waals surface area contributed by atoms with Gasteiger partial charge in [-0.15, -0.1) is 0 Å². The summed E-state index contributed by atoms with van der Waals surface area (Å²) in [5.74, 6) is 0.690. The summed E-state index contributed by atoms with van der Waals surface area (Å²) in [4.78, 5) is 6.86. The predicted molar refractivity (Wildman–Crippen MR) is 113 cm³/mol. The third-order valence-corrected chi connectivity index (χ3v) is 5.74. The number of pyridine rings is 1. The van der Waals surface area contributed by atoms with Crippen molar-refractivity contribution in [3.63, 3.8) is 0 Å². The van der Waals surface area contributed by atoms with Crippen LogP contribution in [0.2, 0.25) is 0 Å². The van der Waals surface area contributed by atoms with Gasteiger partial charge in [-0.1, -0.05) is 12.6 Å². The van der Waals surface area contributed by atoms with Crippen LogP contribution in [-0.2, 0) is 4.74 Å². The van der Waals surface area contributed by atoms with Crippen molar-refractivity contribution in [3.05, 3.63) is 46.0 Å². The number of aliphatic hydroxyl groups excluding tert-OH is 3. The standard InChI is InChI=1S/C22H27N3O4/c1-4-25(5-2)15-7-6-13-8-14-9-16(12(3)23-22(14)24-17(13)10-15)21-20(28)19(27)18(11-26)29-21/h6-10,18-21,26-28H,3-5,11H2,1-2H3,(H,23,24)/t18-,19+,20?,21+/m1/s1. The Morgan fingerprint density at radius 2 is 1.93 bits per heavy atom. The molecule has 1 saturated heterocycles. The fourth-order valence-electron chi connectivity index (χ4n) is 4.06. The molecule has 2 aliphatic heterocycles. The number of nitrogens with zero attached hydrogens (tertiary/aromatic N) is 2. The summed E-state index contributed by atoms with van der Waals surface area (Å²) in [5.41, 5.74) is 3.78. The van der Waals surface area contributed by atoms with E-state index in [1.807, 2.05) is 12.1 Å². The molecule has 4 atom stereocenters. The van der Waals surface area contributed by atoms with Gasteiger partial charge in [0.25, 0.3) is 0 Å². The van der Waals surface area contributed by atoms with Crippen molar-refractivity contribution in [1.29, 1.82) is 0 Å². The second-order valence-corrected chi connectivity index (χ2v) is 7.43. The average Bonchev–Trinajstić information content (AvgIpc) is 3.01. The number of hydrogen-bond donors (Lipinski definition) is 4. The van der Waals surface area contributed by atoms with Crippen molar-refractivity contribution in [2.45, 2.75) is 38.3 Å². The van der Waals surface area contributed by atoms with Crippen molar-refractivity contribution >= 4 is 29.8 Å². The monoisotopic (exact) mass is 397 g/mol. The third-order valence-electron chi connectivity index (χ3n) is 5.74. The van der Waals surface area contributed by atoms with Gasteiger partial charge in [-0.25, -0.2) is 4.98 Å². The Hall–Kier alpha value is -2.45. The number of fused-ring (bicyclic) bond motifs is 2. The zero-order valence-corrected chi connectivity index (χ0v) is 16.7. The van der Waals surface area contributed by atoms with Crippen LogP contribution in [0.25, 0.3) is 12.7 Å². The smallest absolute Gasteiger partial charge is 0.138 e. The number of ether oxygens (including phenoxy) is 1. The lowest BCUT2D eigenvalue weighted by atomic mass is 10.00. The topological polar surface area (TPSA) is 98.1 Å². The van der Waals surface area contributed by atoms with Crippen LogP contribution in [0, 0.1) is 0 Å². The van der Waals surface area contributed by atoms with E-state index in [0.717, 1.165) is 35.2 Å². The lowest BCUT2D eigenvalue weighted by Gasteiger charge is -2.24. The van der Waals surface area contributed by atoms with E-state index in [4.69, 9.17) is 4.74 Å². The number of anilines is 3. The number of aliphatic hydroxyl groups is 3. The van der Waals surface area contributed by atoms with Gasteiger partial charge in [0.1, 0.15) is 30.2 Å². The first kappa shape index (κ1) is 19.8. The van der Waals surface area contributed by atoms with E-state index < -0.39 is 24.4 Å². The first-order valence-electron chi connectivity index (χ1n) is 9.96. The van der Waals surface area contributed by atoms with E-state index in [9.17, 15) is 15.3 Å². The van der Waals surface area contributed by atoms with Gasteiger partial charge in [0.15, 0.2) is 0 Å². The van der Waals surface area contributed by atoms with Crippen molar-refractivity contribution in [3.8, 4) is 0 Å². The molecule has 0 radical (unpaired) electrons. The highest BCUT2D eigenvalue weighted by Gasteiger charge is 2.43. The molecule has 4 N–H and O–H groups in total. The lowest BCUT2D eigenvalue weighted by Crippen LogP contribution is -2.33. The maximum atomic E-state index is 10.4. The zero-order chi connectivity index (χ0) is 20.7. The summed E-state index contributed by atoms with van der Waals surface area (Å²) in [5, 5.41) is 34.5. The predicted octanol–water partition coefficient (Wildman–Crippen LogP) is 0.378. The van der Waals surface area contributed by atoms with Crippen LogP contribution < -0.4 is 20.8 Å². The van der Waals surface area contributed by atoms with Gasteiger partial charge >= 0.3 is 0 Å². The van der Waals surface area contributed by atoms with Crippen LogP contribution >= 0.6 is 0 Å². The quantitative estimate of drug-likeness (QED) is 0.494. The summed E-state index contributed by atoms with van der Waals surface area (Å²) < 4.78 is 5.66. The minimum atomic E-state index is -1.15.